The van der Waals surface area contributed by atoms with E-state index in [-0.39, 0.29) is 57.7 Å². The van der Waals surface area contributed by atoms with Gasteiger partial charge in [0.05, 0.1) is 17.1 Å². The van der Waals surface area contributed by atoms with E-state index in [9.17, 15) is 31.9 Å². The van der Waals surface area contributed by atoms with Gasteiger partial charge in [0, 0.05) is 143 Å². The van der Waals surface area contributed by atoms with Crippen LogP contribution in [0.25, 0.3) is 33.1 Å². The fraction of sp³-hybridized carbons (Fsp3) is 0.541. The Morgan fingerprint density at radius 2 is 0.785 bits per heavy atom. The van der Waals surface area contributed by atoms with Gasteiger partial charge >= 0.3 is 0 Å². The molecule has 18 nitrogen and oxygen atoms in total. The highest BCUT2D eigenvalue weighted by Crippen LogP contribution is 2.49. The largest absolute Gasteiger partial charge is 0.351 e. The summed E-state index contributed by atoms with van der Waals surface area (Å²) in [6, 6.07) is 25.5. The Morgan fingerprint density at radius 3 is 1.19 bits per heavy atom. The van der Waals surface area contributed by atoms with Crippen LogP contribution in [-0.2, 0) is 29.7 Å². The van der Waals surface area contributed by atoms with Gasteiger partial charge in [-0.15, -0.1) is 0 Å². The van der Waals surface area contributed by atoms with Gasteiger partial charge in [0.1, 0.15) is 40.2 Å². The fourth-order valence-electron chi connectivity index (χ4n) is 19.9. The Kier molecular flexibility index (Phi) is 21.5. The zero-order chi connectivity index (χ0) is 73.2. The number of Topliss-reactive ketones (excluding diaryl/α,β-unsaturated/α-hetero) is 3. The number of nitrogens with one attached hydrogen (secondary N) is 6. The minimum absolute atomic E-state index is 0.0122. The molecular weight excluding hydrogens is 1360 g/mol. The van der Waals surface area contributed by atoms with Crippen LogP contribution in [-0.4, -0.2) is 97.2 Å². The summed E-state index contributed by atoms with van der Waals surface area (Å²) in [4.78, 5) is 67.0. The molecule has 18 rings (SSSR count). The van der Waals surface area contributed by atoms with Crippen molar-refractivity contribution < 1.29 is 31.9 Å². The Balaban J connectivity index is 0.000000123. The molecule has 107 heavy (non-hydrogen) atoms. The molecule has 3 aliphatic heterocycles. The minimum Gasteiger partial charge on any atom is -0.351 e. The Labute approximate surface area is 624 Å². The van der Waals surface area contributed by atoms with Crippen LogP contribution in [0, 0.1) is 23.3 Å². The molecule has 1 atom stereocenters. The van der Waals surface area contributed by atoms with Gasteiger partial charge in [-0.3, -0.25) is 14.4 Å². The molecule has 6 fully saturated rings. The van der Waals surface area contributed by atoms with E-state index < -0.39 is 11.6 Å². The maximum Gasteiger partial charge on any atom is 0.224 e. The third-order valence-electron chi connectivity index (χ3n) is 25.9. The number of nitrogens with zero attached hydrogens (tertiary/aromatic N) is 9. The van der Waals surface area contributed by atoms with E-state index in [4.69, 9.17) is 15.0 Å². The number of carbonyl (C=O) groups is 3. The Morgan fingerprint density at radius 1 is 0.411 bits per heavy atom. The molecule has 9 aliphatic rings. The van der Waals surface area contributed by atoms with Crippen LogP contribution >= 0.6 is 0 Å². The number of anilines is 3. The molecule has 9 heterocycles. The predicted octanol–water partition coefficient (Wildman–Crippen LogP) is 17.9. The molecule has 22 heteroatoms. The van der Waals surface area contributed by atoms with Crippen LogP contribution in [0.15, 0.2) is 104 Å². The van der Waals surface area contributed by atoms with Crippen molar-refractivity contribution in [2.24, 2.45) is 0 Å². The Hall–Kier alpha value is -8.47. The van der Waals surface area contributed by atoms with Gasteiger partial charge < -0.3 is 45.6 Å². The van der Waals surface area contributed by atoms with Crippen LogP contribution in [0.5, 0.6) is 0 Å². The molecule has 6 saturated carbocycles. The van der Waals surface area contributed by atoms with E-state index in [2.05, 4.69) is 60.6 Å². The summed E-state index contributed by atoms with van der Waals surface area (Å²) in [6.07, 6.45) is 40.4. The van der Waals surface area contributed by atoms with E-state index >= 15 is 0 Å². The first kappa shape index (κ1) is 72.7. The van der Waals surface area contributed by atoms with Gasteiger partial charge in [-0.1, -0.05) is 94.2 Å². The van der Waals surface area contributed by atoms with Gasteiger partial charge in [-0.2, -0.15) is 15.0 Å². The van der Waals surface area contributed by atoms with Gasteiger partial charge in [-0.05, 0) is 190 Å². The van der Waals surface area contributed by atoms with Crippen LogP contribution < -0.4 is 31.9 Å². The third kappa shape index (κ3) is 15.6. The first-order chi connectivity index (χ1) is 52.1. The van der Waals surface area contributed by atoms with E-state index in [1.54, 1.807) is 6.07 Å². The number of rotatable bonds is 15. The summed E-state index contributed by atoms with van der Waals surface area (Å²) in [5, 5.41) is 24.2. The number of aromatic nitrogens is 9. The third-order valence-corrected chi connectivity index (χ3v) is 25.9. The van der Waals surface area contributed by atoms with Crippen molar-refractivity contribution in [2.75, 3.05) is 16.0 Å². The van der Waals surface area contributed by atoms with E-state index in [1.165, 1.54) is 88.1 Å². The summed E-state index contributed by atoms with van der Waals surface area (Å²) < 4.78 is 61.1. The summed E-state index contributed by atoms with van der Waals surface area (Å²) in [6.45, 7) is 3.20. The molecule has 3 aromatic carbocycles. The first-order valence-corrected chi connectivity index (χ1v) is 40.3. The minimum atomic E-state index is -0.551. The quantitative estimate of drug-likeness (QED) is 0.0527. The topological polar surface area (TPSA) is 216 Å². The molecule has 0 amide bonds. The number of fused-ring (bicyclic) bond motifs is 12. The van der Waals surface area contributed by atoms with Crippen LogP contribution in [0.2, 0.25) is 0 Å². The highest BCUT2D eigenvalue weighted by Gasteiger charge is 2.45. The summed E-state index contributed by atoms with van der Waals surface area (Å²) in [5.74, 6) is 1.23. The van der Waals surface area contributed by atoms with Crippen molar-refractivity contribution >= 4 is 68.3 Å². The lowest BCUT2D eigenvalue weighted by Gasteiger charge is -2.42. The molecule has 0 radical (unpaired) electrons. The van der Waals surface area contributed by atoms with Gasteiger partial charge in [0.2, 0.25) is 17.8 Å². The first-order valence-electron chi connectivity index (χ1n) is 40.3. The number of halogens is 4. The number of carbonyl (C=O) groups excluding carboxylic acids is 3. The standard InChI is InChI=1S/C29H36FN5O.C28H33F2N5O.C28H34FN5O/c1-19(23-7-3-4-8-24(23)30)32-21-9-11-22(12-10-21)33-28-31-18-20-17-25-26(36)13-16-29(14-5-2-6-15-29)35(25)27(20)34-28;29-20-5-4-18(23(30)15-20)16-31-21-6-8-22(9-7-21)33-27-32-17-19-14-24-25(36)10-13-28(11-2-1-3-12-28)35(24)26(19)34-27;29-21-6-4-19(5-7-21)17-30-22-8-10-23(11-9-22)32-27-31-18-20-16-24-25(35)12-15-28(13-2-1-3-14-28)34(24)26(20)33-27/h3-4,7-8,17-19,21-22,32H,2,5-6,9-16H2,1H3,(H,31,33,34);4-5,14-15,17,21-22,31H,1-3,6-13,16H2,(H,32,33,34);4-7,16,18,22-23,30H,1-3,8-15,17H2,(H,31,32,33). The highest BCUT2D eigenvalue weighted by atomic mass is 19.1. The maximum atomic E-state index is 14.1. The monoisotopic (exact) mass is 1460 g/mol. The number of benzene rings is 3. The van der Waals surface area contributed by atoms with Crippen LogP contribution in [0.3, 0.4) is 0 Å². The molecule has 0 bridgehead atoms. The molecule has 1 unspecified atom stereocenters. The molecule has 3 spiro atoms. The molecule has 0 saturated heterocycles. The summed E-state index contributed by atoms with van der Waals surface area (Å²) in [5.41, 5.74) is 7.58. The zero-order valence-electron chi connectivity index (χ0n) is 61.9. The normalized spacial score (nSPS) is 24.1. The van der Waals surface area contributed by atoms with Gasteiger partial charge in [0.25, 0.3) is 0 Å². The average molecular weight is 1460 g/mol. The molecular formula is C85H103F4N15O3. The second-order valence-corrected chi connectivity index (χ2v) is 32.7. The van der Waals surface area contributed by atoms with Crippen LogP contribution in [0.1, 0.15) is 273 Å². The maximum absolute atomic E-state index is 14.1. The van der Waals surface area contributed by atoms with Crippen molar-refractivity contribution in [3.8, 4) is 0 Å². The number of hydrogen-bond acceptors (Lipinski definition) is 15. The van der Waals surface area contributed by atoms with Crippen molar-refractivity contribution in [3.05, 3.63) is 161 Å². The summed E-state index contributed by atoms with van der Waals surface area (Å²) >= 11 is 0. The molecule has 564 valence electrons. The van der Waals surface area contributed by atoms with Crippen molar-refractivity contribution in [1.82, 2.24) is 59.6 Å². The molecule has 6 N–H and O–H groups in total. The van der Waals surface area contributed by atoms with E-state index in [0.29, 0.717) is 79.4 Å². The molecule has 6 aliphatic carbocycles. The van der Waals surface area contributed by atoms with Gasteiger partial charge in [-0.25, -0.2) is 32.5 Å². The van der Waals surface area contributed by atoms with E-state index in [0.717, 1.165) is 209 Å². The van der Waals surface area contributed by atoms with Crippen molar-refractivity contribution in [1.29, 1.82) is 0 Å². The van der Waals surface area contributed by atoms with Crippen molar-refractivity contribution in [3.63, 3.8) is 0 Å². The van der Waals surface area contributed by atoms with Crippen LogP contribution in [0.4, 0.5) is 35.4 Å². The SMILES string of the molecule is CC(NC1CCC(Nc2ncc3cc4n(c3n2)C2(CCCCC2)CCC4=O)CC1)c1ccccc1F.O=C1CCC2(CCCCC2)n2c1cc1cnc(NC3CCC(NCc4ccc(F)cc4)CC3)nc12.O=C1CCC2(CCCCC2)n2c1cc1cnc(NC3CCC(NCc4ccc(F)cc4F)CC3)nc12. The molecule has 6 aromatic heterocycles. The van der Waals surface area contributed by atoms with Crippen molar-refractivity contribution in [2.45, 2.75) is 291 Å². The fourth-order valence-corrected chi connectivity index (χ4v) is 19.9. The highest BCUT2D eigenvalue weighted by molar-refractivity contribution is 6.02. The second-order valence-electron chi connectivity index (χ2n) is 32.7. The Bertz CT molecular complexity index is 4660. The average Bonchev–Trinajstić information content (AvgIpc) is 1.62. The number of hydrogen-bond donors (Lipinski definition) is 6. The zero-order valence-corrected chi connectivity index (χ0v) is 61.9. The lowest BCUT2D eigenvalue weighted by molar-refractivity contribution is 0.0847. The lowest BCUT2D eigenvalue weighted by Crippen LogP contribution is -2.41. The predicted molar refractivity (Wildman–Crippen MR) is 410 cm³/mol. The smallest absolute Gasteiger partial charge is 0.224 e. The van der Waals surface area contributed by atoms with Gasteiger partial charge in [0.15, 0.2) is 17.3 Å². The molecule has 9 aromatic rings. The van der Waals surface area contributed by atoms with E-state index in [1.807, 2.05) is 68.0 Å². The lowest BCUT2D eigenvalue weighted by atomic mass is 9.75. The second kappa shape index (κ2) is 31.6. The summed E-state index contributed by atoms with van der Waals surface area (Å²) in [7, 11) is 0. The number of ketones is 3.